The average molecular weight is 554 g/mol. The third kappa shape index (κ3) is 12.2. The van der Waals surface area contributed by atoms with Crippen molar-refractivity contribution in [2.75, 3.05) is 66.5 Å². The van der Waals surface area contributed by atoms with E-state index in [9.17, 15) is 0 Å². The molecule has 0 saturated carbocycles. The Morgan fingerprint density at radius 2 is 2.13 bits per heavy atom. The first-order chi connectivity index (χ1) is 18.6. The molecule has 2 atom stereocenters. The number of ether oxygens (including phenoxy) is 4. The van der Waals surface area contributed by atoms with Crippen LogP contribution in [0.5, 0.6) is 0 Å². The minimum atomic E-state index is -0.298. The molecule has 0 aromatic heterocycles. The van der Waals surface area contributed by atoms with Crippen LogP contribution < -0.4 is 10.6 Å². The second-order valence-corrected chi connectivity index (χ2v) is 8.97. The molecule has 2 heterocycles. The highest BCUT2D eigenvalue weighted by Crippen LogP contribution is 2.21. The lowest BCUT2D eigenvalue weighted by Gasteiger charge is -2.25. The van der Waals surface area contributed by atoms with Crippen molar-refractivity contribution >= 4 is 23.7 Å². The summed E-state index contributed by atoms with van der Waals surface area (Å²) in [5, 5.41) is 14.8. The number of nitrogens with one attached hydrogen (secondary N) is 2. The van der Waals surface area contributed by atoms with Crippen LogP contribution in [0.15, 0.2) is 57.9 Å². The zero-order chi connectivity index (χ0) is 27.4. The third-order valence-electron chi connectivity index (χ3n) is 6.10. The number of aliphatic hydroxyl groups excluding tert-OH is 1. The zero-order valence-electron chi connectivity index (χ0n) is 22.7. The molecule has 2 saturated heterocycles. The van der Waals surface area contributed by atoms with Gasteiger partial charge in [-0.3, -0.25) is 4.99 Å². The summed E-state index contributed by atoms with van der Waals surface area (Å²) in [6, 6.07) is 0. The number of aliphatic imine (C=N–C) groups is 2. The summed E-state index contributed by atoms with van der Waals surface area (Å²) in [6.07, 6.45) is 11.3. The van der Waals surface area contributed by atoms with Crippen LogP contribution in [0.4, 0.5) is 0 Å². The van der Waals surface area contributed by atoms with Crippen LogP contribution in [0, 0.1) is 0 Å². The average Bonchev–Trinajstić information content (AvgIpc) is 3.43. The standard InChI is InChI=1S/C20H26ClN3O4.C7H18N2O/c1-2-19-20(27-14-26-19)18(11-21)24-13-22-12-23-15-4-3-5-17(10-15)28-16-6-8-25-9-7-16;1-3-9(6-7-10)5-4-8-2/h2-5,11-12,16,19-20,24H,1,6-10,13-14H2;8,10H,3-7H2,1-2H3/b18-11-,22-12?,23-15?;. The summed E-state index contributed by atoms with van der Waals surface area (Å²) in [7, 11) is 1.94. The van der Waals surface area contributed by atoms with Crippen LogP contribution in [0.1, 0.15) is 26.2 Å². The summed E-state index contributed by atoms with van der Waals surface area (Å²) < 4.78 is 22.3. The van der Waals surface area contributed by atoms with E-state index in [0.29, 0.717) is 18.8 Å². The van der Waals surface area contributed by atoms with Crippen molar-refractivity contribution in [2.45, 2.75) is 44.5 Å². The second kappa shape index (κ2) is 19.9. The van der Waals surface area contributed by atoms with Crippen molar-refractivity contribution in [1.82, 2.24) is 15.5 Å². The van der Waals surface area contributed by atoms with Gasteiger partial charge in [-0.2, -0.15) is 0 Å². The monoisotopic (exact) mass is 553 g/mol. The number of likely N-dealkylation sites (N-methyl/N-ethyl adjacent to an activating group) is 2. The highest BCUT2D eigenvalue weighted by molar-refractivity contribution is 6.25. The lowest BCUT2D eigenvalue weighted by Crippen LogP contribution is -2.32. The number of halogens is 1. The Kier molecular flexibility index (Phi) is 16.9. The topological polar surface area (TPSA) is 109 Å². The van der Waals surface area contributed by atoms with Gasteiger partial charge in [0, 0.05) is 50.1 Å². The molecule has 1 aliphatic carbocycles. The molecule has 214 valence electrons. The van der Waals surface area contributed by atoms with Gasteiger partial charge in [-0.05, 0) is 25.7 Å². The van der Waals surface area contributed by atoms with Crippen LogP contribution in [0.25, 0.3) is 0 Å². The summed E-state index contributed by atoms with van der Waals surface area (Å²) in [4.78, 5) is 10.9. The van der Waals surface area contributed by atoms with Crippen molar-refractivity contribution in [2.24, 2.45) is 9.98 Å². The molecule has 11 heteroatoms. The first-order valence-corrected chi connectivity index (χ1v) is 13.6. The van der Waals surface area contributed by atoms with Crippen molar-refractivity contribution < 1.29 is 24.1 Å². The van der Waals surface area contributed by atoms with Gasteiger partial charge >= 0.3 is 0 Å². The van der Waals surface area contributed by atoms with Crippen molar-refractivity contribution in [3.8, 4) is 0 Å². The van der Waals surface area contributed by atoms with E-state index in [0.717, 1.165) is 63.7 Å². The summed E-state index contributed by atoms with van der Waals surface area (Å²) >= 11 is 5.89. The van der Waals surface area contributed by atoms with Crippen molar-refractivity contribution in [3.63, 3.8) is 0 Å². The summed E-state index contributed by atoms with van der Waals surface area (Å²) in [5.41, 5.74) is 3.04. The van der Waals surface area contributed by atoms with Crippen molar-refractivity contribution in [1.29, 1.82) is 0 Å². The van der Waals surface area contributed by atoms with Gasteiger partial charge in [0.2, 0.25) is 0 Å². The molecule has 38 heavy (non-hydrogen) atoms. The highest BCUT2D eigenvalue weighted by Gasteiger charge is 2.30. The number of nitrogens with zero attached hydrogens (tertiary/aromatic N) is 3. The van der Waals surface area contributed by atoms with E-state index >= 15 is 0 Å². The van der Waals surface area contributed by atoms with Gasteiger partial charge in [-0.1, -0.05) is 30.7 Å². The minimum absolute atomic E-state index is 0.215. The number of allylic oxidation sites excluding steroid dienone is 4. The molecular formula is C27H44ClN5O5. The van der Waals surface area contributed by atoms with Crippen LogP contribution >= 0.6 is 11.6 Å². The van der Waals surface area contributed by atoms with Gasteiger partial charge in [0.15, 0.2) is 0 Å². The van der Waals surface area contributed by atoms with E-state index in [4.69, 9.17) is 35.7 Å². The summed E-state index contributed by atoms with van der Waals surface area (Å²) in [5.74, 6) is 0.931. The van der Waals surface area contributed by atoms with E-state index in [-0.39, 0.29) is 31.7 Å². The fourth-order valence-corrected chi connectivity index (χ4v) is 4.11. The van der Waals surface area contributed by atoms with Crippen LogP contribution in [-0.2, 0) is 18.9 Å². The maximum absolute atomic E-state index is 8.61. The molecule has 0 radical (unpaired) electrons. The van der Waals surface area contributed by atoms with Gasteiger partial charge in [0.05, 0.1) is 25.5 Å². The molecule has 2 fully saturated rings. The molecular weight excluding hydrogens is 510 g/mol. The van der Waals surface area contributed by atoms with Gasteiger partial charge in [0.1, 0.15) is 43.9 Å². The first kappa shape index (κ1) is 32.2. The Hall–Kier alpha value is -2.05. The third-order valence-corrected chi connectivity index (χ3v) is 6.33. The van der Waals surface area contributed by atoms with E-state index in [2.05, 4.69) is 39.0 Å². The maximum atomic E-state index is 8.61. The number of hydrogen-bond donors (Lipinski definition) is 3. The Balaban J connectivity index is 0.000000432. The number of rotatable bonds is 14. The van der Waals surface area contributed by atoms with Gasteiger partial charge in [0.25, 0.3) is 0 Å². The molecule has 3 aliphatic rings. The van der Waals surface area contributed by atoms with E-state index in [1.165, 1.54) is 11.9 Å². The molecule has 2 unspecified atom stereocenters. The predicted octanol–water partition coefficient (Wildman–Crippen LogP) is 2.57. The molecule has 3 rings (SSSR count). The zero-order valence-corrected chi connectivity index (χ0v) is 23.4. The van der Waals surface area contributed by atoms with Crippen LogP contribution in [-0.4, -0.2) is 107 Å². The fourth-order valence-electron chi connectivity index (χ4n) is 3.91. The first-order valence-electron chi connectivity index (χ1n) is 13.2. The number of hydrogen-bond acceptors (Lipinski definition) is 9. The Morgan fingerprint density at radius 1 is 1.32 bits per heavy atom. The van der Waals surface area contributed by atoms with E-state index in [1.54, 1.807) is 6.08 Å². The normalized spacial score (nSPS) is 23.4. The van der Waals surface area contributed by atoms with Gasteiger partial charge in [-0.15, -0.1) is 6.58 Å². The molecule has 0 aromatic rings. The Morgan fingerprint density at radius 3 is 2.82 bits per heavy atom. The maximum Gasteiger partial charge on any atom is 0.148 e. The van der Waals surface area contributed by atoms with Crippen LogP contribution in [0.2, 0.25) is 0 Å². The molecule has 3 N–H and O–H groups in total. The fraction of sp³-hybridized carbons (Fsp3) is 0.630. The predicted molar refractivity (Wildman–Crippen MR) is 153 cm³/mol. The van der Waals surface area contributed by atoms with E-state index < -0.39 is 0 Å². The van der Waals surface area contributed by atoms with E-state index in [1.807, 2.05) is 25.3 Å². The molecule has 0 aromatic carbocycles. The largest absolute Gasteiger partial charge is 0.494 e. The lowest BCUT2D eigenvalue weighted by molar-refractivity contribution is -0.00454. The molecule has 10 nitrogen and oxygen atoms in total. The van der Waals surface area contributed by atoms with Crippen LogP contribution in [0.3, 0.4) is 0 Å². The smallest absolute Gasteiger partial charge is 0.148 e. The Labute approximate surface area is 232 Å². The van der Waals surface area contributed by atoms with Crippen molar-refractivity contribution in [3.05, 3.63) is 47.9 Å². The quantitative estimate of drug-likeness (QED) is 0.171. The highest BCUT2D eigenvalue weighted by atomic mass is 35.5. The SMILES string of the molecule is C=CC1OCOC1/C(=C/Cl)NCN=CN=C1C=CC=C(OC2CCOCC2)C1.CCN(CCO)CCNC. The Bertz CT molecular complexity index is 827. The molecule has 2 aliphatic heterocycles. The lowest BCUT2D eigenvalue weighted by atomic mass is 10.1. The second-order valence-electron chi connectivity index (χ2n) is 8.75. The van der Waals surface area contributed by atoms with Gasteiger partial charge in [-0.25, -0.2) is 4.99 Å². The molecule has 0 bridgehead atoms. The summed E-state index contributed by atoms with van der Waals surface area (Å²) in [6.45, 7) is 12.0. The molecule has 0 spiro atoms. The minimum Gasteiger partial charge on any atom is -0.494 e. The molecule has 0 amide bonds. The number of aliphatic hydroxyl groups is 1. The van der Waals surface area contributed by atoms with Gasteiger partial charge < -0.3 is 39.6 Å².